The average molecular weight is 392 g/mol. The maximum absolute atomic E-state index is 12.4. The van der Waals surface area contributed by atoms with Crippen LogP contribution in [0.15, 0.2) is 67.0 Å². The summed E-state index contributed by atoms with van der Waals surface area (Å²) in [6, 6.07) is 15.0. The second kappa shape index (κ2) is 8.94. The van der Waals surface area contributed by atoms with Crippen LogP contribution in [0.3, 0.4) is 0 Å². The molecule has 8 nitrogen and oxygen atoms in total. The van der Waals surface area contributed by atoms with E-state index in [0.717, 1.165) is 0 Å². The van der Waals surface area contributed by atoms with Gasteiger partial charge in [0.1, 0.15) is 0 Å². The summed E-state index contributed by atoms with van der Waals surface area (Å²) in [4.78, 5) is 40.4. The van der Waals surface area contributed by atoms with Gasteiger partial charge in [0, 0.05) is 37.2 Å². The van der Waals surface area contributed by atoms with E-state index in [1.54, 1.807) is 54.2 Å². The Morgan fingerprint density at radius 3 is 2.34 bits per heavy atom. The summed E-state index contributed by atoms with van der Waals surface area (Å²) >= 11 is 0. The molecule has 0 aliphatic rings. The highest BCUT2D eigenvalue weighted by Crippen LogP contribution is 2.13. The molecule has 3 N–H and O–H groups in total. The van der Waals surface area contributed by atoms with Crippen LogP contribution in [0.1, 0.15) is 27.8 Å². The molecule has 0 fully saturated rings. The Kier molecular flexibility index (Phi) is 6.16. The van der Waals surface area contributed by atoms with Crippen molar-refractivity contribution in [2.24, 2.45) is 7.05 Å². The Bertz CT molecular complexity index is 1010. The highest BCUT2D eigenvalue weighted by molar-refractivity contribution is 6.39. The highest BCUT2D eigenvalue weighted by Gasteiger charge is 2.17. The molecule has 3 aromatic rings. The molecular weight excluding hydrogens is 372 g/mol. The molecule has 1 heterocycles. The van der Waals surface area contributed by atoms with Crippen molar-refractivity contribution in [3.05, 3.63) is 83.9 Å². The van der Waals surface area contributed by atoms with Crippen LogP contribution in [0.5, 0.6) is 0 Å². The first-order valence-corrected chi connectivity index (χ1v) is 8.90. The molecule has 3 rings (SSSR count). The van der Waals surface area contributed by atoms with Gasteiger partial charge >= 0.3 is 11.8 Å². The molecule has 1 atom stereocenters. The van der Waals surface area contributed by atoms with Gasteiger partial charge in [-0.2, -0.15) is 0 Å². The monoisotopic (exact) mass is 392 g/mol. The van der Waals surface area contributed by atoms with E-state index in [1.165, 1.54) is 18.3 Å². The first kappa shape index (κ1) is 20.0. The molecule has 0 spiro atoms. The molecule has 0 saturated carbocycles. The molecule has 148 valence electrons. The lowest BCUT2D eigenvalue weighted by atomic mass is 10.1. The topological polar surface area (TPSA) is 113 Å². The van der Waals surface area contributed by atoms with Crippen LogP contribution in [-0.2, 0) is 16.6 Å². The van der Waals surface area contributed by atoms with Gasteiger partial charge in [-0.1, -0.05) is 30.3 Å². The van der Waals surface area contributed by atoms with E-state index in [2.05, 4.69) is 15.6 Å². The number of imidazole rings is 1. The number of aryl methyl sites for hydroxylation is 1. The number of rotatable bonds is 6. The van der Waals surface area contributed by atoms with Gasteiger partial charge < -0.3 is 20.3 Å². The molecule has 8 heteroatoms. The van der Waals surface area contributed by atoms with Crippen LogP contribution in [0.25, 0.3) is 0 Å². The molecule has 29 heavy (non-hydrogen) atoms. The standard InChI is InChI=1S/C21H20N4O4/c1-25-12-11-22-19(25)18(27)15-7-9-16(10-8-15)24-21(29)20(28)23-13-17(26)14-5-3-2-4-6-14/h2-12,17,26H,13H2,1H3,(H,23,28)(H,24,29)/t17-/m0/s1. The predicted molar refractivity (Wildman–Crippen MR) is 106 cm³/mol. The lowest BCUT2D eigenvalue weighted by Crippen LogP contribution is -2.37. The molecule has 2 aromatic carbocycles. The van der Waals surface area contributed by atoms with Crippen molar-refractivity contribution in [1.29, 1.82) is 0 Å². The zero-order valence-corrected chi connectivity index (χ0v) is 15.7. The van der Waals surface area contributed by atoms with E-state index in [1.807, 2.05) is 6.07 Å². The van der Waals surface area contributed by atoms with Crippen LogP contribution in [0.4, 0.5) is 5.69 Å². The Morgan fingerprint density at radius 1 is 1.03 bits per heavy atom. The molecule has 2 amide bonds. The lowest BCUT2D eigenvalue weighted by molar-refractivity contribution is -0.136. The number of aliphatic hydroxyl groups is 1. The lowest BCUT2D eigenvalue weighted by Gasteiger charge is -2.12. The van der Waals surface area contributed by atoms with Gasteiger partial charge in [0.05, 0.1) is 6.10 Å². The summed E-state index contributed by atoms with van der Waals surface area (Å²) < 4.78 is 1.62. The third-order valence-electron chi connectivity index (χ3n) is 4.28. The number of nitrogens with one attached hydrogen (secondary N) is 2. The zero-order chi connectivity index (χ0) is 20.8. The number of aromatic nitrogens is 2. The van der Waals surface area contributed by atoms with Crippen LogP contribution in [0, 0.1) is 0 Å². The number of carbonyl (C=O) groups excluding carboxylic acids is 3. The van der Waals surface area contributed by atoms with E-state index >= 15 is 0 Å². The molecule has 0 aliphatic carbocycles. The van der Waals surface area contributed by atoms with Crippen LogP contribution in [-0.4, -0.2) is 38.8 Å². The molecular formula is C21H20N4O4. The maximum Gasteiger partial charge on any atom is 0.313 e. The molecule has 0 saturated heterocycles. The third-order valence-corrected chi connectivity index (χ3v) is 4.28. The van der Waals surface area contributed by atoms with E-state index in [9.17, 15) is 19.5 Å². The number of carbonyl (C=O) groups is 3. The number of aliphatic hydroxyl groups excluding tert-OH is 1. The fourth-order valence-corrected chi connectivity index (χ4v) is 2.67. The average Bonchev–Trinajstić information content (AvgIpc) is 3.18. The minimum absolute atomic E-state index is 0.0899. The summed E-state index contributed by atoms with van der Waals surface area (Å²) in [5.41, 5.74) is 1.42. The van der Waals surface area contributed by atoms with Crippen LogP contribution < -0.4 is 10.6 Å². The second-order valence-corrected chi connectivity index (χ2v) is 6.36. The van der Waals surface area contributed by atoms with Gasteiger partial charge in [0.25, 0.3) is 0 Å². The van der Waals surface area contributed by atoms with Crippen molar-refractivity contribution in [3.63, 3.8) is 0 Å². The van der Waals surface area contributed by atoms with Gasteiger partial charge in [0.15, 0.2) is 5.82 Å². The number of ketones is 1. The normalized spacial score (nSPS) is 11.5. The van der Waals surface area contributed by atoms with Gasteiger partial charge in [-0.25, -0.2) is 4.98 Å². The molecule has 0 radical (unpaired) electrons. The summed E-state index contributed by atoms with van der Waals surface area (Å²) in [5, 5.41) is 14.9. The minimum Gasteiger partial charge on any atom is -0.387 e. The smallest absolute Gasteiger partial charge is 0.313 e. The second-order valence-electron chi connectivity index (χ2n) is 6.36. The van der Waals surface area contributed by atoms with Crippen molar-refractivity contribution in [2.75, 3.05) is 11.9 Å². The van der Waals surface area contributed by atoms with Gasteiger partial charge in [0.2, 0.25) is 5.78 Å². The number of hydrogen-bond acceptors (Lipinski definition) is 5. The maximum atomic E-state index is 12.4. The van der Waals surface area contributed by atoms with E-state index < -0.39 is 17.9 Å². The first-order chi connectivity index (χ1) is 14.0. The predicted octanol–water partition coefficient (Wildman–Crippen LogP) is 1.44. The number of anilines is 1. The fourth-order valence-electron chi connectivity index (χ4n) is 2.67. The Morgan fingerprint density at radius 2 is 1.72 bits per heavy atom. The van der Waals surface area contributed by atoms with Crippen molar-refractivity contribution >= 4 is 23.3 Å². The molecule has 1 aromatic heterocycles. The zero-order valence-electron chi connectivity index (χ0n) is 15.7. The number of nitrogens with zero attached hydrogens (tertiary/aromatic N) is 2. The number of hydrogen-bond donors (Lipinski definition) is 3. The summed E-state index contributed by atoms with van der Waals surface area (Å²) in [7, 11) is 1.72. The Labute approximate surface area is 167 Å². The molecule has 0 unspecified atom stereocenters. The van der Waals surface area contributed by atoms with E-state index in [-0.39, 0.29) is 12.3 Å². The summed E-state index contributed by atoms with van der Waals surface area (Å²) in [5.74, 6) is -1.68. The van der Waals surface area contributed by atoms with Crippen LogP contribution in [0.2, 0.25) is 0 Å². The first-order valence-electron chi connectivity index (χ1n) is 8.90. The number of amides is 2. The Balaban J connectivity index is 1.54. The minimum atomic E-state index is -0.913. The Hall–Kier alpha value is -3.78. The molecule has 0 bridgehead atoms. The SMILES string of the molecule is Cn1ccnc1C(=O)c1ccc(NC(=O)C(=O)NC[C@H](O)c2ccccc2)cc1. The van der Waals surface area contributed by atoms with E-state index in [4.69, 9.17) is 0 Å². The largest absolute Gasteiger partial charge is 0.387 e. The van der Waals surface area contributed by atoms with Crippen molar-refractivity contribution < 1.29 is 19.5 Å². The summed E-state index contributed by atoms with van der Waals surface area (Å²) in [6.45, 7) is -0.0899. The van der Waals surface area contributed by atoms with Gasteiger partial charge in [-0.05, 0) is 29.8 Å². The summed E-state index contributed by atoms with van der Waals surface area (Å²) in [6.07, 6.45) is 2.30. The van der Waals surface area contributed by atoms with Crippen molar-refractivity contribution in [1.82, 2.24) is 14.9 Å². The van der Waals surface area contributed by atoms with Crippen molar-refractivity contribution in [2.45, 2.75) is 6.10 Å². The highest BCUT2D eigenvalue weighted by atomic mass is 16.3. The fraction of sp³-hybridized carbons (Fsp3) is 0.143. The van der Waals surface area contributed by atoms with Crippen LogP contribution >= 0.6 is 0 Å². The number of benzene rings is 2. The van der Waals surface area contributed by atoms with Gasteiger partial charge in [-0.15, -0.1) is 0 Å². The third kappa shape index (κ3) is 4.94. The van der Waals surface area contributed by atoms with E-state index in [0.29, 0.717) is 22.6 Å². The quantitative estimate of drug-likeness (QED) is 0.434. The van der Waals surface area contributed by atoms with Gasteiger partial charge in [-0.3, -0.25) is 14.4 Å². The van der Waals surface area contributed by atoms with Crippen molar-refractivity contribution in [3.8, 4) is 0 Å². The molecule has 0 aliphatic heterocycles.